The van der Waals surface area contributed by atoms with Crippen molar-refractivity contribution in [3.8, 4) is 0 Å². The Bertz CT molecular complexity index is 327. The standard InChI is InChI=1S/C9H14IN3O/c1-13-7(10)5-11-8(13)12-9(6-14)3-2-4-9/h5,14H,2-4,6H2,1H3,(H,11,12). The Labute approximate surface area is 96.9 Å². The predicted octanol–water partition coefficient (Wildman–Crippen LogP) is 1.35. The van der Waals surface area contributed by atoms with Crippen LogP contribution in [0, 0.1) is 3.70 Å². The van der Waals surface area contributed by atoms with Crippen molar-refractivity contribution in [3.63, 3.8) is 0 Å². The number of imidazole rings is 1. The van der Waals surface area contributed by atoms with Gasteiger partial charge in [0.1, 0.15) is 3.70 Å². The van der Waals surface area contributed by atoms with Gasteiger partial charge >= 0.3 is 0 Å². The maximum absolute atomic E-state index is 9.29. The van der Waals surface area contributed by atoms with Crippen molar-refractivity contribution in [2.24, 2.45) is 7.05 Å². The van der Waals surface area contributed by atoms with Crippen LogP contribution in [0.5, 0.6) is 0 Å². The molecule has 0 aromatic carbocycles. The van der Waals surface area contributed by atoms with Crippen molar-refractivity contribution < 1.29 is 5.11 Å². The second kappa shape index (κ2) is 3.69. The third-order valence-electron chi connectivity index (χ3n) is 2.92. The van der Waals surface area contributed by atoms with Gasteiger partial charge in [0, 0.05) is 7.05 Å². The highest BCUT2D eigenvalue weighted by Gasteiger charge is 2.37. The number of aromatic nitrogens is 2. The Balaban J connectivity index is 2.13. The van der Waals surface area contributed by atoms with Crippen molar-refractivity contribution in [1.29, 1.82) is 0 Å². The molecule has 2 rings (SSSR count). The van der Waals surface area contributed by atoms with E-state index in [0.717, 1.165) is 22.5 Å². The van der Waals surface area contributed by atoms with E-state index in [1.165, 1.54) is 6.42 Å². The molecule has 1 aliphatic rings. The van der Waals surface area contributed by atoms with Crippen LogP contribution in [0.15, 0.2) is 6.20 Å². The molecule has 1 heterocycles. The monoisotopic (exact) mass is 307 g/mol. The SMILES string of the molecule is Cn1c(I)cnc1NC1(CO)CCC1. The topological polar surface area (TPSA) is 50.1 Å². The molecule has 0 spiro atoms. The minimum absolute atomic E-state index is 0.109. The predicted molar refractivity (Wildman–Crippen MR) is 63.2 cm³/mol. The smallest absolute Gasteiger partial charge is 0.203 e. The summed E-state index contributed by atoms with van der Waals surface area (Å²) in [6, 6.07) is 0. The zero-order valence-corrected chi connectivity index (χ0v) is 10.3. The van der Waals surface area contributed by atoms with Gasteiger partial charge in [-0.05, 0) is 41.9 Å². The van der Waals surface area contributed by atoms with Crippen LogP contribution in [0.3, 0.4) is 0 Å². The zero-order valence-electron chi connectivity index (χ0n) is 8.13. The highest BCUT2D eigenvalue weighted by atomic mass is 127. The van der Waals surface area contributed by atoms with Gasteiger partial charge in [-0.15, -0.1) is 0 Å². The Morgan fingerprint density at radius 1 is 1.71 bits per heavy atom. The molecule has 0 radical (unpaired) electrons. The summed E-state index contributed by atoms with van der Waals surface area (Å²) < 4.78 is 3.09. The third kappa shape index (κ3) is 1.63. The molecular formula is C9H14IN3O. The summed E-state index contributed by atoms with van der Waals surface area (Å²) in [5.74, 6) is 0.850. The first kappa shape index (κ1) is 10.2. The van der Waals surface area contributed by atoms with E-state index in [1.807, 2.05) is 17.8 Å². The molecule has 5 heteroatoms. The summed E-state index contributed by atoms with van der Waals surface area (Å²) in [4.78, 5) is 4.26. The molecule has 1 saturated carbocycles. The second-order valence-corrected chi connectivity index (χ2v) is 4.99. The summed E-state index contributed by atoms with van der Waals surface area (Å²) in [6.45, 7) is 0.191. The fourth-order valence-electron chi connectivity index (χ4n) is 1.67. The normalized spacial score (nSPS) is 19.1. The van der Waals surface area contributed by atoms with E-state index in [2.05, 4.69) is 32.9 Å². The number of halogens is 1. The van der Waals surface area contributed by atoms with Gasteiger partial charge in [-0.2, -0.15) is 0 Å². The number of aliphatic hydroxyl groups is 1. The van der Waals surface area contributed by atoms with E-state index in [-0.39, 0.29) is 12.1 Å². The highest BCUT2D eigenvalue weighted by molar-refractivity contribution is 14.1. The first-order chi connectivity index (χ1) is 6.67. The van der Waals surface area contributed by atoms with E-state index in [1.54, 1.807) is 0 Å². The van der Waals surface area contributed by atoms with Crippen LogP contribution in [-0.2, 0) is 7.05 Å². The van der Waals surface area contributed by atoms with Crippen LogP contribution in [0.2, 0.25) is 0 Å². The van der Waals surface area contributed by atoms with Crippen molar-refractivity contribution in [2.45, 2.75) is 24.8 Å². The molecule has 0 saturated heterocycles. The number of nitrogens with one attached hydrogen (secondary N) is 1. The van der Waals surface area contributed by atoms with Gasteiger partial charge < -0.3 is 15.0 Å². The number of nitrogens with zero attached hydrogens (tertiary/aromatic N) is 2. The van der Waals surface area contributed by atoms with Crippen LogP contribution in [0.1, 0.15) is 19.3 Å². The minimum Gasteiger partial charge on any atom is -0.394 e. The second-order valence-electron chi connectivity index (χ2n) is 3.88. The fourth-order valence-corrected chi connectivity index (χ4v) is 2.04. The van der Waals surface area contributed by atoms with E-state index in [4.69, 9.17) is 0 Å². The average molecular weight is 307 g/mol. The number of hydrogen-bond donors (Lipinski definition) is 2. The lowest BCUT2D eigenvalue weighted by atomic mass is 9.77. The quantitative estimate of drug-likeness (QED) is 0.829. The lowest BCUT2D eigenvalue weighted by molar-refractivity contribution is 0.143. The van der Waals surface area contributed by atoms with Crippen molar-refractivity contribution in [3.05, 3.63) is 9.90 Å². The van der Waals surface area contributed by atoms with Gasteiger partial charge in [0.05, 0.1) is 18.3 Å². The molecular weight excluding hydrogens is 293 g/mol. The van der Waals surface area contributed by atoms with Crippen LogP contribution in [-0.4, -0.2) is 26.8 Å². The molecule has 0 atom stereocenters. The molecule has 1 aromatic heterocycles. The van der Waals surface area contributed by atoms with Crippen LogP contribution in [0.4, 0.5) is 5.95 Å². The molecule has 2 N–H and O–H groups in total. The fraction of sp³-hybridized carbons (Fsp3) is 0.667. The molecule has 0 bridgehead atoms. The summed E-state index contributed by atoms with van der Waals surface area (Å²) in [5.41, 5.74) is -0.109. The summed E-state index contributed by atoms with van der Waals surface area (Å²) in [6.07, 6.45) is 5.08. The molecule has 0 amide bonds. The number of anilines is 1. The Morgan fingerprint density at radius 2 is 2.43 bits per heavy atom. The molecule has 1 aromatic rings. The molecule has 1 fully saturated rings. The van der Waals surface area contributed by atoms with Crippen LogP contribution in [0.25, 0.3) is 0 Å². The maximum atomic E-state index is 9.29. The molecule has 14 heavy (non-hydrogen) atoms. The summed E-state index contributed by atoms with van der Waals surface area (Å²) in [7, 11) is 1.97. The lowest BCUT2D eigenvalue weighted by Gasteiger charge is -2.41. The molecule has 78 valence electrons. The van der Waals surface area contributed by atoms with Gasteiger partial charge in [0.2, 0.25) is 5.95 Å². The van der Waals surface area contributed by atoms with Crippen LogP contribution >= 0.6 is 22.6 Å². The Hall–Kier alpha value is -0.300. The average Bonchev–Trinajstić information content (AvgIpc) is 2.42. The van der Waals surface area contributed by atoms with E-state index in [0.29, 0.717) is 0 Å². The number of aliphatic hydroxyl groups excluding tert-OH is 1. The maximum Gasteiger partial charge on any atom is 0.203 e. The van der Waals surface area contributed by atoms with Gasteiger partial charge in [-0.25, -0.2) is 4.98 Å². The largest absolute Gasteiger partial charge is 0.394 e. The van der Waals surface area contributed by atoms with E-state index in [9.17, 15) is 5.11 Å². The van der Waals surface area contributed by atoms with Crippen molar-refractivity contribution in [1.82, 2.24) is 9.55 Å². The first-order valence-corrected chi connectivity index (χ1v) is 5.81. The summed E-state index contributed by atoms with van der Waals surface area (Å²) >= 11 is 2.24. The molecule has 4 nitrogen and oxygen atoms in total. The Morgan fingerprint density at radius 3 is 2.79 bits per heavy atom. The minimum atomic E-state index is -0.109. The van der Waals surface area contributed by atoms with Gasteiger partial charge in [0.25, 0.3) is 0 Å². The van der Waals surface area contributed by atoms with Crippen molar-refractivity contribution >= 4 is 28.5 Å². The lowest BCUT2D eigenvalue weighted by Crippen LogP contribution is -2.48. The number of rotatable bonds is 3. The van der Waals surface area contributed by atoms with Gasteiger partial charge in [-0.3, -0.25) is 0 Å². The van der Waals surface area contributed by atoms with Gasteiger partial charge in [0.15, 0.2) is 0 Å². The highest BCUT2D eigenvalue weighted by Crippen LogP contribution is 2.34. The molecule has 0 unspecified atom stereocenters. The number of hydrogen-bond acceptors (Lipinski definition) is 3. The van der Waals surface area contributed by atoms with Gasteiger partial charge in [-0.1, -0.05) is 0 Å². The van der Waals surface area contributed by atoms with E-state index < -0.39 is 0 Å². The summed E-state index contributed by atoms with van der Waals surface area (Å²) in [5, 5.41) is 12.6. The first-order valence-electron chi connectivity index (χ1n) is 4.73. The molecule has 1 aliphatic carbocycles. The van der Waals surface area contributed by atoms with Crippen molar-refractivity contribution in [2.75, 3.05) is 11.9 Å². The Kier molecular flexibility index (Phi) is 2.70. The van der Waals surface area contributed by atoms with E-state index >= 15 is 0 Å². The third-order valence-corrected chi connectivity index (χ3v) is 3.92. The van der Waals surface area contributed by atoms with Crippen LogP contribution < -0.4 is 5.32 Å². The zero-order chi connectivity index (χ0) is 10.2. The molecule has 0 aliphatic heterocycles.